The molecule has 0 bridgehead atoms. The van der Waals surface area contributed by atoms with E-state index in [1.54, 1.807) is 18.2 Å². The lowest BCUT2D eigenvalue weighted by Crippen LogP contribution is -2.47. The first-order valence-corrected chi connectivity index (χ1v) is 6.29. The molecule has 1 rings (SSSR count). The molecule has 1 unspecified atom stereocenters. The fourth-order valence-corrected chi connectivity index (χ4v) is 1.66. The zero-order valence-corrected chi connectivity index (χ0v) is 12.0. The van der Waals surface area contributed by atoms with Crippen molar-refractivity contribution in [2.24, 2.45) is 0 Å². The van der Waals surface area contributed by atoms with Gasteiger partial charge in [-0.1, -0.05) is 29.3 Å². The van der Waals surface area contributed by atoms with Gasteiger partial charge in [0.25, 0.3) is 5.91 Å². The normalized spacial score (nSPS) is 13.4. The number of rotatable bonds is 6. The summed E-state index contributed by atoms with van der Waals surface area (Å²) in [6.07, 6.45) is 0. The molecule has 0 saturated heterocycles. The van der Waals surface area contributed by atoms with Crippen LogP contribution < -0.4 is 10.1 Å². The van der Waals surface area contributed by atoms with Gasteiger partial charge in [-0.25, -0.2) is 4.79 Å². The molecule has 1 amide bonds. The minimum Gasteiger partial charge on any atom is -0.481 e. The van der Waals surface area contributed by atoms with Crippen LogP contribution in [-0.4, -0.2) is 40.8 Å². The Labute approximate surface area is 125 Å². The number of halogens is 2. The maximum absolute atomic E-state index is 11.5. The van der Waals surface area contributed by atoms with Crippen LogP contribution in [0.2, 0.25) is 10.0 Å². The van der Waals surface area contributed by atoms with Gasteiger partial charge in [0.05, 0.1) is 16.6 Å². The molecule has 20 heavy (non-hydrogen) atoms. The van der Waals surface area contributed by atoms with E-state index >= 15 is 0 Å². The van der Waals surface area contributed by atoms with Crippen molar-refractivity contribution in [2.45, 2.75) is 12.5 Å². The Bertz CT molecular complexity index is 498. The fraction of sp³-hybridized carbons (Fsp3) is 0.333. The van der Waals surface area contributed by atoms with E-state index in [0.29, 0.717) is 0 Å². The van der Waals surface area contributed by atoms with Crippen LogP contribution in [0.25, 0.3) is 0 Å². The van der Waals surface area contributed by atoms with Crippen molar-refractivity contribution in [3.05, 3.63) is 28.2 Å². The van der Waals surface area contributed by atoms with Crippen LogP contribution >= 0.6 is 23.2 Å². The lowest BCUT2D eigenvalue weighted by atomic mass is 10.1. The van der Waals surface area contributed by atoms with Gasteiger partial charge in [0.1, 0.15) is 0 Å². The molecule has 0 radical (unpaired) electrons. The van der Waals surface area contributed by atoms with Gasteiger partial charge >= 0.3 is 5.97 Å². The quantitative estimate of drug-likeness (QED) is 0.734. The lowest BCUT2D eigenvalue weighted by Gasteiger charge is -2.18. The minimum absolute atomic E-state index is 0.163. The molecule has 1 atom stereocenters. The third-order valence-electron chi connectivity index (χ3n) is 2.36. The van der Waals surface area contributed by atoms with Gasteiger partial charge in [-0.3, -0.25) is 4.79 Å². The Morgan fingerprint density at radius 1 is 1.35 bits per heavy atom. The number of aliphatic hydroxyl groups is 1. The fourth-order valence-electron chi connectivity index (χ4n) is 1.16. The van der Waals surface area contributed by atoms with Crippen molar-refractivity contribution in [3.8, 4) is 5.75 Å². The number of carbonyl (C=O) groups is 2. The maximum Gasteiger partial charge on any atom is 0.337 e. The molecule has 0 aliphatic heterocycles. The average molecular weight is 322 g/mol. The van der Waals surface area contributed by atoms with E-state index in [2.05, 4.69) is 5.32 Å². The average Bonchev–Trinajstić information content (AvgIpc) is 2.35. The Hall–Kier alpha value is -1.50. The zero-order chi connectivity index (χ0) is 15.3. The molecule has 0 spiro atoms. The molecule has 0 aliphatic rings. The number of hydrogen-bond acceptors (Lipinski definition) is 4. The first-order chi connectivity index (χ1) is 9.24. The molecular formula is C12H13Cl2NO5. The summed E-state index contributed by atoms with van der Waals surface area (Å²) >= 11 is 11.7. The number of hydrogen-bond donors (Lipinski definition) is 3. The smallest absolute Gasteiger partial charge is 0.337 e. The van der Waals surface area contributed by atoms with Crippen LogP contribution in [0.3, 0.4) is 0 Å². The molecule has 1 aromatic carbocycles. The first kappa shape index (κ1) is 16.6. The van der Waals surface area contributed by atoms with Gasteiger partial charge in [0, 0.05) is 0 Å². The highest BCUT2D eigenvalue weighted by Gasteiger charge is 2.30. The molecular weight excluding hydrogens is 309 g/mol. The molecule has 0 fully saturated rings. The Kier molecular flexibility index (Phi) is 5.62. The van der Waals surface area contributed by atoms with Crippen LogP contribution in [-0.2, 0) is 9.59 Å². The SMILES string of the molecule is CC(O)(CNC(=O)COc1c(Cl)cccc1Cl)C(=O)O. The van der Waals surface area contributed by atoms with Gasteiger partial charge in [0.2, 0.25) is 0 Å². The van der Waals surface area contributed by atoms with Crippen molar-refractivity contribution >= 4 is 35.1 Å². The van der Waals surface area contributed by atoms with Crippen LogP contribution in [0.5, 0.6) is 5.75 Å². The summed E-state index contributed by atoms with van der Waals surface area (Å²) in [4.78, 5) is 22.1. The molecule has 110 valence electrons. The van der Waals surface area contributed by atoms with E-state index in [4.69, 9.17) is 33.0 Å². The van der Waals surface area contributed by atoms with E-state index in [1.807, 2.05) is 0 Å². The van der Waals surface area contributed by atoms with Crippen molar-refractivity contribution in [3.63, 3.8) is 0 Å². The third kappa shape index (κ3) is 4.56. The second kappa shape index (κ2) is 6.78. The Morgan fingerprint density at radius 2 is 1.90 bits per heavy atom. The Morgan fingerprint density at radius 3 is 2.40 bits per heavy atom. The first-order valence-electron chi connectivity index (χ1n) is 5.53. The molecule has 1 aromatic rings. The summed E-state index contributed by atoms with van der Waals surface area (Å²) < 4.78 is 5.15. The summed E-state index contributed by atoms with van der Waals surface area (Å²) in [5.74, 6) is -1.88. The van der Waals surface area contributed by atoms with E-state index in [1.165, 1.54) is 0 Å². The maximum atomic E-state index is 11.5. The molecule has 0 aliphatic carbocycles. The number of ether oxygens (including phenoxy) is 1. The predicted molar refractivity (Wildman–Crippen MR) is 73.2 cm³/mol. The van der Waals surface area contributed by atoms with Gasteiger partial charge in [-0.2, -0.15) is 0 Å². The second-order valence-electron chi connectivity index (χ2n) is 4.20. The predicted octanol–water partition coefficient (Wildman–Crippen LogP) is 1.32. The Balaban J connectivity index is 2.51. The highest BCUT2D eigenvalue weighted by atomic mass is 35.5. The van der Waals surface area contributed by atoms with Gasteiger partial charge < -0.3 is 20.3 Å². The van der Waals surface area contributed by atoms with Crippen LogP contribution in [0, 0.1) is 0 Å². The van der Waals surface area contributed by atoms with Crippen molar-refractivity contribution in [2.75, 3.05) is 13.2 Å². The summed E-state index contributed by atoms with van der Waals surface area (Å²) in [6, 6.07) is 4.73. The highest BCUT2D eigenvalue weighted by Crippen LogP contribution is 2.32. The van der Waals surface area contributed by atoms with Crippen LogP contribution in [0.4, 0.5) is 0 Å². The molecule has 3 N–H and O–H groups in total. The topological polar surface area (TPSA) is 95.9 Å². The molecule has 0 saturated carbocycles. The van der Waals surface area contributed by atoms with Crippen molar-refractivity contribution < 1.29 is 24.5 Å². The largest absolute Gasteiger partial charge is 0.481 e. The van der Waals surface area contributed by atoms with Gasteiger partial charge in [0.15, 0.2) is 18.0 Å². The summed E-state index contributed by atoms with van der Waals surface area (Å²) in [5, 5.41) is 20.8. The number of nitrogens with one attached hydrogen (secondary N) is 1. The number of benzene rings is 1. The molecule has 8 heteroatoms. The number of aliphatic carboxylic acids is 1. The van der Waals surface area contributed by atoms with Gasteiger partial charge in [-0.15, -0.1) is 0 Å². The number of carboxylic acids is 1. The van der Waals surface area contributed by atoms with E-state index < -0.39 is 30.6 Å². The zero-order valence-electron chi connectivity index (χ0n) is 10.5. The number of amides is 1. The number of para-hydroxylation sites is 1. The monoisotopic (exact) mass is 321 g/mol. The van der Waals surface area contributed by atoms with Crippen LogP contribution in [0.1, 0.15) is 6.92 Å². The lowest BCUT2D eigenvalue weighted by molar-refractivity contribution is -0.156. The van der Waals surface area contributed by atoms with Crippen molar-refractivity contribution in [1.29, 1.82) is 0 Å². The van der Waals surface area contributed by atoms with Crippen LogP contribution in [0.15, 0.2) is 18.2 Å². The molecule has 0 aromatic heterocycles. The van der Waals surface area contributed by atoms with E-state index in [-0.39, 0.29) is 15.8 Å². The number of carboxylic acid groups (broad SMARTS) is 1. The highest BCUT2D eigenvalue weighted by molar-refractivity contribution is 6.37. The minimum atomic E-state index is -2.04. The van der Waals surface area contributed by atoms with Gasteiger partial charge in [-0.05, 0) is 19.1 Å². The second-order valence-corrected chi connectivity index (χ2v) is 5.01. The molecule has 6 nitrogen and oxygen atoms in total. The standard InChI is InChI=1S/C12H13Cl2NO5/c1-12(19,11(17)18)6-15-9(16)5-20-10-7(13)3-2-4-8(10)14/h2-4,19H,5-6H2,1H3,(H,15,16)(H,17,18). The summed E-state index contributed by atoms with van der Waals surface area (Å²) in [6.45, 7) is 0.224. The third-order valence-corrected chi connectivity index (χ3v) is 2.95. The number of carbonyl (C=O) groups excluding carboxylic acids is 1. The van der Waals surface area contributed by atoms with Crippen molar-refractivity contribution in [1.82, 2.24) is 5.32 Å². The molecule has 0 heterocycles. The van der Waals surface area contributed by atoms with E-state index in [9.17, 15) is 14.7 Å². The summed E-state index contributed by atoms with van der Waals surface area (Å²) in [7, 11) is 0. The summed E-state index contributed by atoms with van der Waals surface area (Å²) in [5.41, 5.74) is -2.04. The van der Waals surface area contributed by atoms with E-state index in [0.717, 1.165) is 6.92 Å².